The van der Waals surface area contributed by atoms with Gasteiger partial charge in [0.1, 0.15) is 0 Å². The number of alkyl carbamates (subject to hydrolysis) is 1. The number of nitrogens with one attached hydrogen (secondary N) is 2. The van der Waals surface area contributed by atoms with E-state index < -0.39 is 22.0 Å². The summed E-state index contributed by atoms with van der Waals surface area (Å²) in [7, 11) is -2.35. The molecule has 1 aromatic rings. The van der Waals surface area contributed by atoms with Gasteiger partial charge in [-0.3, -0.25) is 10.1 Å². The Hall–Kier alpha value is -1.97. The van der Waals surface area contributed by atoms with Crippen LogP contribution >= 0.6 is 0 Å². The maximum absolute atomic E-state index is 12.8. The first-order valence-electron chi connectivity index (χ1n) is 8.03. The molecule has 1 saturated heterocycles. The summed E-state index contributed by atoms with van der Waals surface area (Å²) < 4.78 is 31.4. The van der Waals surface area contributed by atoms with Crippen LogP contribution in [0.5, 0.6) is 0 Å². The first-order chi connectivity index (χ1) is 11.7. The number of amides is 2. The van der Waals surface area contributed by atoms with E-state index in [0.29, 0.717) is 31.1 Å². The second-order valence-electron chi connectivity index (χ2n) is 6.14. The molecule has 9 heteroatoms. The van der Waals surface area contributed by atoms with Crippen molar-refractivity contribution in [1.82, 2.24) is 9.62 Å². The second kappa shape index (κ2) is 7.94. The summed E-state index contributed by atoms with van der Waals surface area (Å²) in [6.45, 7) is 5.47. The van der Waals surface area contributed by atoms with Crippen molar-refractivity contribution in [3.05, 3.63) is 29.3 Å². The molecular formula is C16H24N3O5S+. The molecule has 0 spiro atoms. The van der Waals surface area contributed by atoms with Gasteiger partial charge in [0, 0.05) is 0 Å². The first-order valence-corrected chi connectivity index (χ1v) is 9.47. The standard InChI is InChI=1S/C16H23N3O5S/c1-12-4-5-14(13(2)10-12)25(22,23)19-8-6-18(7-9-19)11-15(20)17-16(21)24-3/h4-5,10H,6-9,11H2,1-3H3,(H,17,20,21)/p+1. The largest absolute Gasteiger partial charge is 0.453 e. The van der Waals surface area contributed by atoms with Gasteiger partial charge in [0.2, 0.25) is 10.0 Å². The summed E-state index contributed by atoms with van der Waals surface area (Å²) in [5, 5.41) is 2.10. The molecule has 0 unspecified atom stereocenters. The summed E-state index contributed by atoms with van der Waals surface area (Å²) in [5.74, 6) is -0.437. The zero-order chi connectivity index (χ0) is 18.6. The van der Waals surface area contributed by atoms with Crippen LogP contribution in [-0.4, -0.2) is 64.6 Å². The van der Waals surface area contributed by atoms with Crippen molar-refractivity contribution < 1.29 is 27.6 Å². The zero-order valence-electron chi connectivity index (χ0n) is 14.7. The van der Waals surface area contributed by atoms with E-state index in [4.69, 9.17) is 0 Å². The van der Waals surface area contributed by atoms with E-state index in [-0.39, 0.29) is 6.54 Å². The number of carbonyl (C=O) groups is 2. The number of nitrogens with zero attached hydrogens (tertiary/aromatic N) is 1. The number of rotatable bonds is 4. The minimum absolute atomic E-state index is 0.104. The Labute approximate surface area is 147 Å². The Bertz CT molecular complexity index is 755. The molecule has 0 atom stereocenters. The molecule has 2 N–H and O–H groups in total. The molecule has 1 aromatic carbocycles. The third kappa shape index (κ3) is 4.77. The molecule has 1 fully saturated rings. The molecule has 0 bridgehead atoms. The fourth-order valence-electron chi connectivity index (χ4n) is 2.88. The van der Waals surface area contributed by atoms with Gasteiger partial charge in [0.15, 0.2) is 6.54 Å². The number of methoxy groups -OCH3 is 1. The molecule has 1 heterocycles. The Morgan fingerprint density at radius 3 is 2.44 bits per heavy atom. The Kier molecular flexibility index (Phi) is 6.15. The van der Waals surface area contributed by atoms with Crippen LogP contribution in [0.25, 0.3) is 0 Å². The summed E-state index contributed by atoms with van der Waals surface area (Å²) in [4.78, 5) is 24.0. The number of imide groups is 1. The van der Waals surface area contributed by atoms with Crippen LogP contribution in [0.2, 0.25) is 0 Å². The molecule has 2 rings (SSSR count). The third-order valence-electron chi connectivity index (χ3n) is 4.22. The number of sulfonamides is 1. The van der Waals surface area contributed by atoms with Crippen LogP contribution in [0, 0.1) is 13.8 Å². The maximum atomic E-state index is 12.8. The number of hydrogen-bond acceptors (Lipinski definition) is 5. The molecule has 0 radical (unpaired) electrons. The number of carbonyl (C=O) groups excluding carboxylic acids is 2. The van der Waals surface area contributed by atoms with Crippen LogP contribution < -0.4 is 10.2 Å². The molecule has 0 saturated carbocycles. The van der Waals surface area contributed by atoms with Gasteiger partial charge in [-0.05, 0) is 25.5 Å². The van der Waals surface area contributed by atoms with Crippen LogP contribution in [0.15, 0.2) is 23.1 Å². The topological polar surface area (TPSA) is 97.2 Å². The lowest BCUT2D eigenvalue weighted by atomic mass is 10.2. The smallest absolute Gasteiger partial charge is 0.413 e. The van der Waals surface area contributed by atoms with Crippen LogP contribution in [0.3, 0.4) is 0 Å². The second-order valence-corrected chi connectivity index (χ2v) is 8.05. The monoisotopic (exact) mass is 370 g/mol. The number of benzene rings is 1. The lowest BCUT2D eigenvalue weighted by Gasteiger charge is -2.31. The summed E-state index contributed by atoms with van der Waals surface area (Å²) in [6, 6.07) is 5.28. The summed E-state index contributed by atoms with van der Waals surface area (Å²) >= 11 is 0. The van der Waals surface area contributed by atoms with Gasteiger partial charge in [-0.1, -0.05) is 17.7 Å². The highest BCUT2D eigenvalue weighted by Crippen LogP contribution is 2.20. The molecule has 8 nitrogen and oxygen atoms in total. The number of quaternary nitrogens is 1. The van der Waals surface area contributed by atoms with Gasteiger partial charge < -0.3 is 9.64 Å². The van der Waals surface area contributed by atoms with E-state index in [9.17, 15) is 18.0 Å². The van der Waals surface area contributed by atoms with Crippen LogP contribution in [-0.2, 0) is 19.6 Å². The van der Waals surface area contributed by atoms with E-state index in [2.05, 4.69) is 10.1 Å². The Morgan fingerprint density at radius 2 is 1.88 bits per heavy atom. The van der Waals surface area contributed by atoms with E-state index in [1.54, 1.807) is 19.1 Å². The van der Waals surface area contributed by atoms with Crippen molar-refractivity contribution in [2.45, 2.75) is 18.7 Å². The highest BCUT2D eigenvalue weighted by Gasteiger charge is 2.32. The average Bonchev–Trinajstić information content (AvgIpc) is 2.54. The van der Waals surface area contributed by atoms with Gasteiger partial charge in [0.25, 0.3) is 5.91 Å². The fraction of sp³-hybridized carbons (Fsp3) is 0.500. The highest BCUT2D eigenvalue weighted by atomic mass is 32.2. The normalized spacial score (nSPS) is 16.4. The minimum atomic E-state index is -3.54. The SMILES string of the molecule is COC(=O)NC(=O)C[NH+]1CCN(S(=O)(=O)c2ccc(C)cc2C)CC1. The molecule has 25 heavy (non-hydrogen) atoms. The van der Waals surface area contributed by atoms with Gasteiger partial charge in [-0.2, -0.15) is 4.31 Å². The molecule has 2 amide bonds. The lowest BCUT2D eigenvalue weighted by molar-refractivity contribution is -0.895. The molecule has 1 aliphatic heterocycles. The number of piperazine rings is 1. The third-order valence-corrected chi connectivity index (χ3v) is 6.27. The summed E-state index contributed by atoms with van der Waals surface area (Å²) in [5.41, 5.74) is 1.74. The van der Waals surface area contributed by atoms with E-state index >= 15 is 0 Å². The minimum Gasteiger partial charge on any atom is -0.453 e. The van der Waals surface area contributed by atoms with Crippen LogP contribution in [0.1, 0.15) is 11.1 Å². The predicted molar refractivity (Wildman–Crippen MR) is 90.8 cm³/mol. The van der Waals surface area contributed by atoms with Crippen LogP contribution in [0.4, 0.5) is 4.79 Å². The van der Waals surface area contributed by atoms with E-state index in [1.165, 1.54) is 11.4 Å². The van der Waals surface area contributed by atoms with Gasteiger partial charge in [-0.25, -0.2) is 13.2 Å². The summed E-state index contributed by atoms with van der Waals surface area (Å²) in [6.07, 6.45) is -0.791. The molecule has 1 aliphatic rings. The van der Waals surface area contributed by atoms with Gasteiger partial charge in [0.05, 0.1) is 38.2 Å². The molecule has 138 valence electrons. The number of ether oxygens (including phenoxy) is 1. The lowest BCUT2D eigenvalue weighted by Crippen LogP contribution is -3.15. The van der Waals surface area contributed by atoms with E-state index in [1.807, 2.05) is 13.0 Å². The number of aryl methyl sites for hydroxylation is 2. The van der Waals surface area contributed by atoms with Crippen molar-refractivity contribution in [2.75, 3.05) is 39.8 Å². The highest BCUT2D eigenvalue weighted by molar-refractivity contribution is 7.89. The molecule has 0 aliphatic carbocycles. The predicted octanol–water partition coefficient (Wildman–Crippen LogP) is -0.925. The quantitative estimate of drug-likeness (QED) is 0.714. The van der Waals surface area contributed by atoms with Crippen molar-refractivity contribution in [3.63, 3.8) is 0 Å². The van der Waals surface area contributed by atoms with Crippen molar-refractivity contribution in [2.24, 2.45) is 0 Å². The van der Waals surface area contributed by atoms with Crippen molar-refractivity contribution in [3.8, 4) is 0 Å². The van der Waals surface area contributed by atoms with Gasteiger partial charge >= 0.3 is 6.09 Å². The average molecular weight is 370 g/mol. The first kappa shape index (κ1) is 19.4. The van der Waals surface area contributed by atoms with Gasteiger partial charge in [-0.15, -0.1) is 0 Å². The fourth-order valence-corrected chi connectivity index (χ4v) is 4.53. The molecular weight excluding hydrogens is 346 g/mol. The van der Waals surface area contributed by atoms with Crippen molar-refractivity contribution >= 4 is 22.0 Å². The Balaban J connectivity index is 1.97. The molecule has 0 aromatic heterocycles. The zero-order valence-corrected chi connectivity index (χ0v) is 15.5. The van der Waals surface area contributed by atoms with Crippen molar-refractivity contribution in [1.29, 1.82) is 0 Å². The number of hydrogen-bond donors (Lipinski definition) is 2. The Morgan fingerprint density at radius 1 is 1.24 bits per heavy atom. The maximum Gasteiger partial charge on any atom is 0.413 e. The van der Waals surface area contributed by atoms with E-state index in [0.717, 1.165) is 16.0 Å².